The molecule has 2 unspecified atom stereocenters. The molecule has 2 heterocycles. The van der Waals surface area contributed by atoms with Crippen LogP contribution in [-0.4, -0.2) is 45.1 Å². The van der Waals surface area contributed by atoms with Crippen molar-refractivity contribution < 1.29 is 9.90 Å². The normalized spacial score (nSPS) is 19.9. The topological polar surface area (TPSA) is 104 Å². The van der Waals surface area contributed by atoms with E-state index in [0.29, 0.717) is 30.3 Å². The summed E-state index contributed by atoms with van der Waals surface area (Å²) in [4.78, 5) is 22.9. The van der Waals surface area contributed by atoms with Crippen LogP contribution in [0.4, 0.5) is 5.69 Å². The smallest absolute Gasteiger partial charge is 0.274 e. The Morgan fingerprint density at radius 1 is 1.52 bits per heavy atom. The number of hydrogen-bond acceptors (Lipinski definition) is 6. The lowest BCUT2D eigenvalue weighted by Gasteiger charge is -2.19. The molecule has 1 aliphatic heterocycles. The molecule has 0 radical (unpaired) electrons. The number of rotatable bonds is 4. The summed E-state index contributed by atoms with van der Waals surface area (Å²) < 4.78 is 0. The molecule has 0 bridgehead atoms. The van der Waals surface area contributed by atoms with Crippen LogP contribution in [0.1, 0.15) is 49.4 Å². The van der Waals surface area contributed by atoms with Gasteiger partial charge in [-0.05, 0) is 13.3 Å². The van der Waals surface area contributed by atoms with E-state index < -0.39 is 6.10 Å². The van der Waals surface area contributed by atoms with E-state index in [0.717, 1.165) is 6.42 Å². The summed E-state index contributed by atoms with van der Waals surface area (Å²) in [5.41, 5.74) is 3.19. The maximum absolute atomic E-state index is 12.6. The van der Waals surface area contributed by atoms with Gasteiger partial charge >= 0.3 is 0 Å². The number of nitrogens with one attached hydrogen (secondary N) is 1. The molecule has 1 amide bonds. The van der Waals surface area contributed by atoms with Crippen LogP contribution in [0.15, 0.2) is 6.20 Å². The van der Waals surface area contributed by atoms with E-state index in [1.807, 2.05) is 13.8 Å². The van der Waals surface area contributed by atoms with E-state index in [4.69, 9.17) is 5.84 Å². The number of nitrogen functional groups attached to an aromatic ring is 1. The number of aliphatic hydroxyl groups excluding tert-OH is 1. The molecule has 2 atom stereocenters. The number of nitrogens with two attached hydrogens (primary N) is 1. The zero-order chi connectivity index (χ0) is 15.6. The van der Waals surface area contributed by atoms with Gasteiger partial charge in [-0.2, -0.15) is 0 Å². The maximum Gasteiger partial charge on any atom is 0.274 e. The number of anilines is 1. The third-order valence-electron chi connectivity index (χ3n) is 3.88. The quantitative estimate of drug-likeness (QED) is 0.558. The molecule has 2 rings (SSSR count). The highest BCUT2D eigenvalue weighted by molar-refractivity contribution is 5.97. The standard InChI is InChI=1S/C14H23N5O2/c1-8(2)13-16-6-11(18-15)12(17-13)14(21)19-5-4-10(7-19)9(3)20/h6,8-10,18,20H,4-5,7,15H2,1-3H3. The molecule has 21 heavy (non-hydrogen) atoms. The Morgan fingerprint density at radius 3 is 2.76 bits per heavy atom. The van der Waals surface area contributed by atoms with Crippen LogP contribution in [-0.2, 0) is 0 Å². The molecule has 7 heteroatoms. The van der Waals surface area contributed by atoms with Crippen LogP contribution in [0.3, 0.4) is 0 Å². The SMILES string of the molecule is CC(C)c1ncc(NN)c(C(=O)N2CCC(C(C)O)C2)n1. The second-order valence-corrected chi connectivity index (χ2v) is 5.83. The molecule has 1 saturated heterocycles. The molecular formula is C14H23N5O2. The zero-order valence-electron chi connectivity index (χ0n) is 12.7. The summed E-state index contributed by atoms with van der Waals surface area (Å²) in [6.07, 6.45) is 1.93. The van der Waals surface area contributed by atoms with Gasteiger partial charge in [-0.25, -0.2) is 9.97 Å². The Balaban J connectivity index is 2.24. The van der Waals surface area contributed by atoms with Crippen LogP contribution >= 0.6 is 0 Å². The summed E-state index contributed by atoms with van der Waals surface area (Å²) in [5, 5.41) is 9.64. The van der Waals surface area contributed by atoms with Crippen LogP contribution in [0.2, 0.25) is 0 Å². The predicted molar refractivity (Wildman–Crippen MR) is 79.6 cm³/mol. The number of aromatic nitrogens is 2. The highest BCUT2D eigenvalue weighted by atomic mass is 16.3. The van der Waals surface area contributed by atoms with Crippen molar-refractivity contribution >= 4 is 11.6 Å². The fourth-order valence-electron chi connectivity index (χ4n) is 2.46. The number of nitrogens with zero attached hydrogens (tertiary/aromatic N) is 3. The van der Waals surface area contributed by atoms with E-state index >= 15 is 0 Å². The Bertz CT molecular complexity index is 518. The molecule has 4 N–H and O–H groups in total. The minimum absolute atomic E-state index is 0.120. The van der Waals surface area contributed by atoms with Gasteiger partial charge in [0.15, 0.2) is 5.69 Å². The van der Waals surface area contributed by atoms with Gasteiger partial charge in [0, 0.05) is 24.9 Å². The molecule has 116 valence electrons. The molecule has 0 saturated carbocycles. The fraction of sp³-hybridized carbons (Fsp3) is 0.643. The monoisotopic (exact) mass is 293 g/mol. The van der Waals surface area contributed by atoms with Gasteiger partial charge in [-0.3, -0.25) is 10.6 Å². The van der Waals surface area contributed by atoms with Crippen molar-refractivity contribution in [3.63, 3.8) is 0 Å². The highest BCUT2D eigenvalue weighted by Crippen LogP contribution is 2.23. The Kier molecular flexibility index (Phi) is 4.74. The lowest BCUT2D eigenvalue weighted by molar-refractivity contribution is 0.0757. The van der Waals surface area contributed by atoms with Gasteiger partial charge in [0.2, 0.25) is 0 Å². The zero-order valence-corrected chi connectivity index (χ0v) is 12.7. The van der Waals surface area contributed by atoms with Crippen LogP contribution in [0, 0.1) is 5.92 Å². The maximum atomic E-state index is 12.6. The largest absolute Gasteiger partial charge is 0.393 e. The van der Waals surface area contributed by atoms with Crippen molar-refractivity contribution in [1.82, 2.24) is 14.9 Å². The van der Waals surface area contributed by atoms with Crippen molar-refractivity contribution in [2.24, 2.45) is 11.8 Å². The first-order chi connectivity index (χ1) is 9.93. The molecule has 1 aromatic rings. The van der Waals surface area contributed by atoms with Crippen molar-refractivity contribution in [2.75, 3.05) is 18.5 Å². The second-order valence-electron chi connectivity index (χ2n) is 5.83. The molecular weight excluding hydrogens is 270 g/mol. The Labute approximate surface area is 124 Å². The van der Waals surface area contributed by atoms with Gasteiger partial charge in [0.25, 0.3) is 5.91 Å². The first kappa shape index (κ1) is 15.7. The van der Waals surface area contributed by atoms with Crippen molar-refractivity contribution in [3.05, 3.63) is 17.7 Å². The van der Waals surface area contributed by atoms with Gasteiger partial charge < -0.3 is 15.4 Å². The van der Waals surface area contributed by atoms with E-state index in [2.05, 4.69) is 15.4 Å². The van der Waals surface area contributed by atoms with Gasteiger partial charge in [0.1, 0.15) is 5.82 Å². The minimum atomic E-state index is -0.411. The van der Waals surface area contributed by atoms with E-state index in [-0.39, 0.29) is 17.7 Å². The number of hydrazine groups is 1. The predicted octanol–water partition coefficient (Wildman–Crippen LogP) is 0.728. The number of likely N-dealkylation sites (tertiary alicyclic amines) is 1. The van der Waals surface area contributed by atoms with Gasteiger partial charge in [0.05, 0.1) is 18.0 Å². The van der Waals surface area contributed by atoms with E-state index in [9.17, 15) is 9.90 Å². The highest BCUT2D eigenvalue weighted by Gasteiger charge is 2.31. The number of hydrogen-bond donors (Lipinski definition) is 3. The van der Waals surface area contributed by atoms with Crippen molar-refractivity contribution in [3.8, 4) is 0 Å². The minimum Gasteiger partial charge on any atom is -0.393 e. The molecule has 1 aromatic heterocycles. The summed E-state index contributed by atoms with van der Waals surface area (Å²) in [6.45, 7) is 6.87. The molecule has 1 aliphatic rings. The van der Waals surface area contributed by atoms with Crippen LogP contribution < -0.4 is 11.3 Å². The number of carbonyl (C=O) groups is 1. The second kappa shape index (κ2) is 6.36. The van der Waals surface area contributed by atoms with Crippen LogP contribution in [0.5, 0.6) is 0 Å². The third kappa shape index (κ3) is 3.30. The molecule has 0 spiro atoms. The van der Waals surface area contributed by atoms with Crippen LogP contribution in [0.25, 0.3) is 0 Å². The molecule has 0 aromatic carbocycles. The lowest BCUT2D eigenvalue weighted by atomic mass is 10.0. The average Bonchev–Trinajstić information content (AvgIpc) is 2.95. The number of carbonyl (C=O) groups excluding carboxylic acids is 1. The van der Waals surface area contributed by atoms with Crippen molar-refractivity contribution in [1.29, 1.82) is 0 Å². The molecule has 0 aliphatic carbocycles. The molecule has 7 nitrogen and oxygen atoms in total. The number of aliphatic hydroxyl groups is 1. The summed E-state index contributed by atoms with van der Waals surface area (Å²) >= 11 is 0. The summed E-state index contributed by atoms with van der Waals surface area (Å²) in [6, 6.07) is 0. The number of amides is 1. The molecule has 1 fully saturated rings. The lowest BCUT2D eigenvalue weighted by Crippen LogP contribution is -2.32. The first-order valence-electron chi connectivity index (χ1n) is 7.25. The van der Waals surface area contributed by atoms with E-state index in [1.54, 1.807) is 11.8 Å². The first-order valence-corrected chi connectivity index (χ1v) is 7.25. The fourth-order valence-corrected chi connectivity index (χ4v) is 2.46. The third-order valence-corrected chi connectivity index (χ3v) is 3.88. The van der Waals surface area contributed by atoms with Crippen molar-refractivity contribution in [2.45, 2.75) is 39.2 Å². The van der Waals surface area contributed by atoms with Gasteiger partial charge in [-0.15, -0.1) is 0 Å². The summed E-state index contributed by atoms with van der Waals surface area (Å²) in [7, 11) is 0. The van der Waals surface area contributed by atoms with Gasteiger partial charge in [-0.1, -0.05) is 13.8 Å². The van der Waals surface area contributed by atoms with E-state index in [1.165, 1.54) is 6.20 Å². The summed E-state index contributed by atoms with van der Waals surface area (Å²) in [5.74, 6) is 6.14. The Morgan fingerprint density at radius 2 is 2.24 bits per heavy atom. The Hall–Kier alpha value is -1.73. The average molecular weight is 293 g/mol.